The van der Waals surface area contributed by atoms with Crippen molar-refractivity contribution in [2.75, 3.05) is 12.3 Å². The lowest BCUT2D eigenvalue weighted by molar-refractivity contribution is -0.385. The fraction of sp³-hybridized carbons (Fsp3) is 0.0930. The van der Waals surface area contributed by atoms with E-state index in [4.69, 9.17) is 46.4 Å². The predicted octanol–water partition coefficient (Wildman–Crippen LogP) is 6.75. The van der Waals surface area contributed by atoms with E-state index in [-0.39, 0.29) is 47.2 Å². The van der Waals surface area contributed by atoms with Crippen molar-refractivity contribution in [1.29, 1.82) is 0 Å². The van der Waals surface area contributed by atoms with Crippen LogP contribution < -0.4 is 21.1 Å². The molecule has 0 saturated heterocycles. The van der Waals surface area contributed by atoms with E-state index in [1.54, 1.807) is 6.92 Å². The summed E-state index contributed by atoms with van der Waals surface area (Å²) in [5.74, 6) is 2.19. The number of hydrogen-bond donors (Lipinski definition) is 8. The maximum Gasteiger partial charge on any atom is 0.425 e. The summed E-state index contributed by atoms with van der Waals surface area (Å²) in [5.41, 5.74) is 0.949. The molecule has 0 heterocycles. The number of nitrogens with two attached hydrogens (primary N) is 2. The molecule has 39 nitrogen and oxygen atoms in total. The van der Waals surface area contributed by atoms with Crippen LogP contribution in [0.1, 0.15) is 18.9 Å². The van der Waals surface area contributed by atoms with Gasteiger partial charge < -0.3 is 25.4 Å². The van der Waals surface area contributed by atoms with Crippen molar-refractivity contribution < 1.29 is 119 Å². The van der Waals surface area contributed by atoms with Crippen LogP contribution in [0.3, 0.4) is 0 Å². The molecule has 7 aromatic carbocycles. The maximum atomic E-state index is 13.1. The van der Waals surface area contributed by atoms with Crippen molar-refractivity contribution in [3.8, 4) is 23.0 Å². The standard InChI is InChI=1S/C43H35N11O22S5.2O3S/c1-3-12-74-34-17-30(50-46-26-9-5-22(81(72,73)76-45)15-33(26)75-19-55)20(2)13-31(34)51-53-40-37(79(66,67)68)16-25-23(41(40)56)6-11-29(43(25)80(69,70)71)49-52-32-18-35(77(60,61)62)24-7-10-28(42(57)38(24)39(32)44)48-47-27-8-4-21(54(58)59)14-36(27)78(63,64)65;2*1-4(2)3/h4-11,13-19,56-57H,3,12,44-45H2,1-2H3,(H,60,61,62)(H,63,64,65)(H,66,67,68)(H,69,70,71);;. The molecule has 89 heavy (non-hydrogen) atoms. The first kappa shape index (κ1) is 70.0. The number of phenols is 2. The van der Waals surface area contributed by atoms with Gasteiger partial charge in [-0.05, 0) is 73.5 Å². The van der Waals surface area contributed by atoms with E-state index in [0.717, 1.165) is 54.6 Å². The van der Waals surface area contributed by atoms with E-state index < -0.39 is 174 Å². The minimum absolute atomic E-state index is 0.00912. The van der Waals surface area contributed by atoms with Crippen LogP contribution in [0.5, 0.6) is 23.0 Å². The molecule has 0 aliphatic rings. The Kier molecular flexibility index (Phi) is 22.0. The number of aryl methyl sites for hydroxylation is 1. The van der Waals surface area contributed by atoms with E-state index >= 15 is 0 Å². The monoisotopic (exact) mass is 1380 g/mol. The third kappa shape index (κ3) is 17.3. The van der Waals surface area contributed by atoms with Crippen LogP contribution in [0.2, 0.25) is 0 Å². The van der Waals surface area contributed by atoms with Gasteiger partial charge in [0, 0.05) is 40.4 Å². The molecule has 0 bridgehead atoms. The number of carbonyl (C=O) groups excluding carboxylic acids is 1. The van der Waals surface area contributed by atoms with Gasteiger partial charge in [-0.2, -0.15) is 57.4 Å². The summed E-state index contributed by atoms with van der Waals surface area (Å²) >= 11 is 0. The molecule has 0 fully saturated rings. The fourth-order valence-electron chi connectivity index (χ4n) is 7.31. The van der Waals surface area contributed by atoms with E-state index in [0.29, 0.717) is 24.6 Å². The molecule has 0 aliphatic carbocycles. The molecule has 46 heteroatoms. The minimum atomic E-state index is -5.61. The van der Waals surface area contributed by atoms with Gasteiger partial charge in [-0.25, -0.2) is 0 Å². The Morgan fingerprint density at radius 3 is 1.64 bits per heavy atom. The Balaban J connectivity index is 0.00000170. The average Bonchev–Trinajstić information content (AvgIpc) is 0.801. The van der Waals surface area contributed by atoms with E-state index in [2.05, 4.69) is 45.2 Å². The second-order valence-corrected chi connectivity index (χ2v) is 24.5. The van der Waals surface area contributed by atoms with Crippen molar-refractivity contribution >= 4 is 157 Å². The molecule has 7 rings (SSSR count). The number of fused-ring (bicyclic) bond motifs is 2. The average molecular weight is 1380 g/mol. The molecule has 7 aromatic rings. The highest BCUT2D eigenvalue weighted by molar-refractivity contribution is 7.87. The third-order valence-corrected chi connectivity index (χ3v) is 15.6. The van der Waals surface area contributed by atoms with Gasteiger partial charge in [-0.1, -0.05) is 13.0 Å². The van der Waals surface area contributed by atoms with Crippen molar-refractivity contribution in [2.45, 2.75) is 44.7 Å². The van der Waals surface area contributed by atoms with Gasteiger partial charge in [0.1, 0.15) is 65.1 Å². The van der Waals surface area contributed by atoms with Crippen molar-refractivity contribution in [3.63, 3.8) is 0 Å². The number of nitro groups is 1. The number of anilines is 1. The molecule has 472 valence electrons. The molecule has 0 atom stereocenters. The van der Waals surface area contributed by atoms with Crippen molar-refractivity contribution in [1.82, 2.24) is 0 Å². The van der Waals surface area contributed by atoms with E-state index in [1.165, 1.54) is 19.1 Å². The van der Waals surface area contributed by atoms with Gasteiger partial charge >= 0.3 is 31.3 Å². The highest BCUT2D eigenvalue weighted by atomic mass is 32.2. The van der Waals surface area contributed by atoms with Gasteiger partial charge in [-0.3, -0.25) is 33.1 Å². The van der Waals surface area contributed by atoms with Crippen molar-refractivity contribution in [2.24, 2.45) is 46.8 Å². The van der Waals surface area contributed by atoms with Crippen LogP contribution >= 0.6 is 0 Å². The van der Waals surface area contributed by atoms with Gasteiger partial charge in [0.05, 0.1) is 33.2 Å². The number of azo groups is 4. The summed E-state index contributed by atoms with van der Waals surface area (Å²) in [5, 5.41) is 62.4. The summed E-state index contributed by atoms with van der Waals surface area (Å²) in [7, 11) is -32.3. The second kappa shape index (κ2) is 28.0. The summed E-state index contributed by atoms with van der Waals surface area (Å²) in [4.78, 5) is 16.3. The number of nitrogens with zero attached hydrogens (tertiary/aromatic N) is 9. The molecule has 0 aromatic heterocycles. The third-order valence-electron chi connectivity index (χ3n) is 11.0. The Bertz CT molecular complexity index is 5020. The van der Waals surface area contributed by atoms with Crippen LogP contribution in [0.25, 0.3) is 21.5 Å². The normalized spacial score (nSPS) is 12.3. The SMILES string of the molecule is CCCOc1cc(N=Nc2ccc(S(=O)(=O)ON)cc2OC=O)c(C)cc1N=Nc1c(S(=O)(=O)O)cc2c(S(=O)(=O)O)c(N=Nc3cc(S(=O)(=O)O)c4ccc(N=Nc5ccc([N+](=O)[O-])cc5S(=O)(=O)O)c(O)c4c3N)ccc2c1O.O=S(=O)=O.O=S(=O)=O. The molecule has 0 unspecified atom stereocenters. The van der Waals surface area contributed by atoms with Gasteiger partial charge in [0.15, 0.2) is 17.2 Å². The fourth-order valence-corrected chi connectivity index (χ4v) is 10.7. The number of rotatable bonds is 20. The summed E-state index contributed by atoms with van der Waals surface area (Å²) in [6, 6.07) is 12.3. The lowest BCUT2D eigenvalue weighted by Gasteiger charge is -2.14. The molecular formula is C43H35N11O28S7. The number of nitrogen functional groups attached to an aromatic ring is 1. The topological polar surface area (TPSA) is 633 Å². The van der Waals surface area contributed by atoms with E-state index in [1.807, 2.05) is 0 Å². The molecule has 0 aliphatic heterocycles. The number of benzene rings is 7. The maximum absolute atomic E-state index is 13.1. The zero-order chi connectivity index (χ0) is 66.9. The highest BCUT2D eigenvalue weighted by Crippen LogP contribution is 2.49. The number of hydrogen-bond acceptors (Lipinski definition) is 34. The number of non-ortho nitro benzene ring substituents is 1. The number of phenolic OH excluding ortho intramolecular Hbond substituents is 2. The quantitative estimate of drug-likeness (QED) is 0.00977. The summed E-state index contributed by atoms with van der Waals surface area (Å²) < 4.78 is 232. The molecular weight excluding hydrogens is 1340 g/mol. The number of nitro benzene ring substituents is 1. The van der Waals surface area contributed by atoms with Crippen LogP contribution in [0.4, 0.5) is 56.9 Å². The van der Waals surface area contributed by atoms with Gasteiger partial charge in [0.25, 0.3) is 52.6 Å². The Morgan fingerprint density at radius 1 is 0.562 bits per heavy atom. The van der Waals surface area contributed by atoms with Crippen LogP contribution in [-0.2, 0) is 80.9 Å². The molecule has 10 N–H and O–H groups in total. The molecule has 0 saturated carbocycles. The first-order valence-corrected chi connectivity index (χ1v) is 31.9. The molecule has 0 spiro atoms. The Hall–Kier alpha value is -9.72. The predicted molar refractivity (Wildman–Crippen MR) is 297 cm³/mol. The highest BCUT2D eigenvalue weighted by Gasteiger charge is 2.30. The van der Waals surface area contributed by atoms with Crippen LogP contribution in [0, 0.1) is 17.0 Å². The largest absolute Gasteiger partial charge is 0.505 e. The summed E-state index contributed by atoms with van der Waals surface area (Å²) in [6.45, 7) is 3.26. The minimum Gasteiger partial charge on any atom is -0.505 e. The first-order chi connectivity index (χ1) is 41.3. The Labute approximate surface area is 500 Å². The van der Waals surface area contributed by atoms with Crippen molar-refractivity contribution in [3.05, 3.63) is 101 Å². The second-order valence-electron chi connectivity index (χ2n) is 16.6. The first-order valence-electron chi connectivity index (χ1n) is 22.7. The van der Waals surface area contributed by atoms with Gasteiger partial charge in [0.2, 0.25) is 0 Å². The van der Waals surface area contributed by atoms with Crippen LogP contribution in [-0.4, -0.2) is 114 Å². The Morgan fingerprint density at radius 2 is 1.08 bits per heavy atom. The van der Waals surface area contributed by atoms with Crippen LogP contribution in [0.15, 0.2) is 150 Å². The smallest absolute Gasteiger partial charge is 0.425 e. The number of ether oxygens (including phenoxy) is 2. The zero-order valence-corrected chi connectivity index (χ0v) is 49.5. The zero-order valence-electron chi connectivity index (χ0n) is 43.8. The van der Waals surface area contributed by atoms with E-state index in [9.17, 15) is 85.4 Å². The van der Waals surface area contributed by atoms with Gasteiger partial charge in [-0.15, -0.1) is 61.1 Å². The number of aromatic hydroxyl groups is 2. The summed E-state index contributed by atoms with van der Waals surface area (Å²) in [6.07, 6.45) is 0.423. The number of carbonyl (C=O) groups is 1. The molecule has 0 amide bonds. The lowest BCUT2D eigenvalue weighted by atomic mass is 10.1. The molecule has 0 radical (unpaired) electrons. The lowest BCUT2D eigenvalue weighted by Crippen LogP contribution is -2.11.